The van der Waals surface area contributed by atoms with Gasteiger partial charge < -0.3 is 27.9 Å². The molecule has 0 amide bonds. The van der Waals surface area contributed by atoms with Gasteiger partial charge in [0.15, 0.2) is 6.10 Å². The Morgan fingerprint density at radius 1 is 0.536 bits per heavy atom. The standard InChI is InChI=1S/C46H90NO8P/c1-6-8-10-12-14-16-18-20-22-23-25-27-29-31-33-35-37-39-46(49)55-44(43-54-56(50,51)53-41-40-47(3,4)5)42-52-45(48)38-36-34-32-30-28-26-24-21-19-17-15-13-11-9-7-2/h21,24,44H,6-20,22-23,25-43H2,1-5H3/b24-21+/t44-/m1/s1. The van der Waals surface area contributed by atoms with E-state index in [0.717, 1.165) is 51.4 Å². The Morgan fingerprint density at radius 2 is 0.911 bits per heavy atom. The first-order chi connectivity index (χ1) is 27.0. The maximum absolute atomic E-state index is 12.7. The van der Waals surface area contributed by atoms with Gasteiger partial charge in [-0.25, -0.2) is 0 Å². The molecule has 0 rings (SSSR count). The Labute approximate surface area is 346 Å². The van der Waals surface area contributed by atoms with Crippen LogP contribution in [-0.4, -0.2) is 70.0 Å². The second-order valence-electron chi connectivity index (χ2n) is 17.1. The summed E-state index contributed by atoms with van der Waals surface area (Å²) >= 11 is 0. The summed E-state index contributed by atoms with van der Waals surface area (Å²) in [6.45, 7) is 4.24. The Morgan fingerprint density at radius 3 is 1.32 bits per heavy atom. The van der Waals surface area contributed by atoms with Crippen LogP contribution in [0, 0.1) is 0 Å². The number of phosphoric acid groups is 1. The van der Waals surface area contributed by atoms with Crippen molar-refractivity contribution in [3.8, 4) is 0 Å². The summed E-state index contributed by atoms with van der Waals surface area (Å²) in [5, 5.41) is 0. The largest absolute Gasteiger partial charge is 0.756 e. The summed E-state index contributed by atoms with van der Waals surface area (Å²) < 4.78 is 33.9. The van der Waals surface area contributed by atoms with Crippen molar-refractivity contribution in [2.75, 3.05) is 47.5 Å². The van der Waals surface area contributed by atoms with E-state index < -0.39 is 26.5 Å². The molecule has 1 unspecified atom stereocenters. The summed E-state index contributed by atoms with van der Waals surface area (Å²) in [7, 11) is 1.17. The van der Waals surface area contributed by atoms with Crippen LogP contribution in [0.4, 0.5) is 0 Å². The monoisotopic (exact) mass is 816 g/mol. The van der Waals surface area contributed by atoms with Crippen LogP contribution in [0.2, 0.25) is 0 Å². The minimum atomic E-state index is -4.62. The molecule has 0 radical (unpaired) electrons. The molecule has 0 saturated carbocycles. The normalized spacial score (nSPS) is 13.6. The summed E-state index contributed by atoms with van der Waals surface area (Å²) in [5.41, 5.74) is 0. The highest BCUT2D eigenvalue weighted by Gasteiger charge is 2.21. The van der Waals surface area contributed by atoms with E-state index >= 15 is 0 Å². The number of quaternary nitrogens is 1. The van der Waals surface area contributed by atoms with Crippen molar-refractivity contribution in [2.24, 2.45) is 0 Å². The van der Waals surface area contributed by atoms with Crippen LogP contribution in [0.25, 0.3) is 0 Å². The fourth-order valence-corrected chi connectivity index (χ4v) is 7.32. The Hall–Kier alpha value is -1.25. The smallest absolute Gasteiger partial charge is 0.306 e. The van der Waals surface area contributed by atoms with Gasteiger partial charge in [0.05, 0.1) is 27.7 Å². The van der Waals surface area contributed by atoms with Gasteiger partial charge in [0.25, 0.3) is 7.82 Å². The average molecular weight is 816 g/mol. The molecule has 9 nitrogen and oxygen atoms in total. The van der Waals surface area contributed by atoms with Crippen molar-refractivity contribution in [2.45, 2.75) is 225 Å². The maximum Gasteiger partial charge on any atom is 0.306 e. The Balaban J connectivity index is 4.30. The molecule has 0 aliphatic rings. The van der Waals surface area contributed by atoms with Crippen LogP contribution in [0.15, 0.2) is 12.2 Å². The van der Waals surface area contributed by atoms with Gasteiger partial charge in [-0.2, -0.15) is 0 Å². The molecule has 2 atom stereocenters. The van der Waals surface area contributed by atoms with E-state index in [9.17, 15) is 19.0 Å². The zero-order chi connectivity index (χ0) is 41.4. The number of nitrogens with zero attached hydrogens (tertiary/aromatic N) is 1. The molecule has 0 heterocycles. The third-order valence-electron chi connectivity index (χ3n) is 10.3. The van der Waals surface area contributed by atoms with Gasteiger partial charge in [-0.1, -0.05) is 180 Å². The lowest BCUT2D eigenvalue weighted by Crippen LogP contribution is -2.37. The van der Waals surface area contributed by atoms with E-state index in [1.807, 2.05) is 21.1 Å². The van der Waals surface area contributed by atoms with Gasteiger partial charge in [-0.05, 0) is 38.5 Å². The number of ether oxygens (including phenoxy) is 2. The fourth-order valence-electron chi connectivity index (χ4n) is 6.59. The SMILES string of the molecule is CCCCCCCC/C=C/CCCCCCCC(=O)OC[C@H](COP(=O)([O-])OCC[N+](C)(C)C)OC(=O)CCCCCCCCCCCCCCCCCCC. The van der Waals surface area contributed by atoms with E-state index in [4.69, 9.17) is 18.5 Å². The second-order valence-corrected chi connectivity index (χ2v) is 18.5. The minimum absolute atomic E-state index is 0.0288. The average Bonchev–Trinajstić information content (AvgIpc) is 3.15. The van der Waals surface area contributed by atoms with Gasteiger partial charge in [0.1, 0.15) is 19.8 Å². The highest BCUT2D eigenvalue weighted by atomic mass is 31.2. The first kappa shape index (κ1) is 54.8. The second kappa shape index (κ2) is 39.2. The Kier molecular flexibility index (Phi) is 38.3. The number of hydrogen-bond donors (Lipinski definition) is 0. The van der Waals surface area contributed by atoms with Crippen molar-refractivity contribution in [3.05, 3.63) is 12.2 Å². The molecular formula is C46H90NO8P. The van der Waals surface area contributed by atoms with Crippen LogP contribution in [0.1, 0.15) is 219 Å². The highest BCUT2D eigenvalue weighted by Crippen LogP contribution is 2.38. The van der Waals surface area contributed by atoms with Crippen molar-refractivity contribution in [3.63, 3.8) is 0 Å². The molecule has 0 saturated heterocycles. The Bertz CT molecular complexity index is 969. The maximum atomic E-state index is 12.7. The zero-order valence-corrected chi connectivity index (χ0v) is 38.2. The lowest BCUT2D eigenvalue weighted by Gasteiger charge is -2.28. The first-order valence-electron chi connectivity index (χ1n) is 23.4. The number of phosphoric ester groups is 1. The number of hydrogen-bond acceptors (Lipinski definition) is 8. The molecule has 10 heteroatoms. The molecule has 0 aromatic heterocycles. The van der Waals surface area contributed by atoms with Crippen LogP contribution < -0.4 is 4.89 Å². The lowest BCUT2D eigenvalue weighted by molar-refractivity contribution is -0.870. The number of carbonyl (C=O) groups is 2. The summed E-state index contributed by atoms with van der Waals surface area (Å²) in [6.07, 6.45) is 40.9. The fraction of sp³-hybridized carbons (Fsp3) is 0.913. The van der Waals surface area contributed by atoms with E-state index in [1.165, 1.54) is 135 Å². The van der Waals surface area contributed by atoms with Crippen LogP contribution in [-0.2, 0) is 32.7 Å². The number of unbranched alkanes of at least 4 members (excludes halogenated alkanes) is 27. The molecule has 0 spiro atoms. The molecule has 0 aromatic carbocycles. The number of esters is 2. The quantitative estimate of drug-likeness (QED) is 0.0197. The number of likely N-dealkylation sites (N-methyl/N-ethyl adjacent to an activating group) is 1. The van der Waals surface area contributed by atoms with Gasteiger partial charge in [-0.3, -0.25) is 14.2 Å². The number of rotatable bonds is 43. The predicted octanol–water partition coefficient (Wildman–Crippen LogP) is 12.7. The van der Waals surface area contributed by atoms with Gasteiger partial charge >= 0.3 is 11.9 Å². The first-order valence-corrected chi connectivity index (χ1v) is 24.9. The van der Waals surface area contributed by atoms with E-state index in [0.29, 0.717) is 17.4 Å². The van der Waals surface area contributed by atoms with Crippen molar-refractivity contribution < 1.29 is 42.1 Å². The van der Waals surface area contributed by atoms with Crippen molar-refractivity contribution >= 4 is 19.8 Å². The molecule has 332 valence electrons. The molecular weight excluding hydrogens is 725 g/mol. The summed E-state index contributed by atoms with van der Waals surface area (Å²) in [6, 6.07) is 0. The topological polar surface area (TPSA) is 111 Å². The zero-order valence-electron chi connectivity index (χ0n) is 37.3. The lowest BCUT2D eigenvalue weighted by atomic mass is 10.0. The molecule has 0 aliphatic heterocycles. The molecule has 0 aromatic rings. The molecule has 56 heavy (non-hydrogen) atoms. The number of allylic oxidation sites excluding steroid dienone is 2. The van der Waals surface area contributed by atoms with Crippen molar-refractivity contribution in [1.82, 2.24) is 0 Å². The third-order valence-corrected chi connectivity index (χ3v) is 11.2. The van der Waals surface area contributed by atoms with Gasteiger partial charge in [-0.15, -0.1) is 0 Å². The van der Waals surface area contributed by atoms with Gasteiger partial charge in [0, 0.05) is 12.8 Å². The van der Waals surface area contributed by atoms with Crippen LogP contribution >= 0.6 is 7.82 Å². The molecule has 0 aliphatic carbocycles. The summed E-state index contributed by atoms with van der Waals surface area (Å²) in [5.74, 6) is -0.833. The third kappa shape index (κ3) is 42.4. The van der Waals surface area contributed by atoms with E-state index in [1.54, 1.807) is 0 Å². The minimum Gasteiger partial charge on any atom is -0.756 e. The number of carbonyl (C=O) groups excluding carboxylic acids is 2. The highest BCUT2D eigenvalue weighted by molar-refractivity contribution is 7.45. The molecule has 0 N–H and O–H groups in total. The van der Waals surface area contributed by atoms with E-state index in [-0.39, 0.29) is 32.0 Å². The van der Waals surface area contributed by atoms with Crippen molar-refractivity contribution in [1.29, 1.82) is 0 Å². The molecule has 0 fully saturated rings. The predicted molar refractivity (Wildman–Crippen MR) is 231 cm³/mol. The summed E-state index contributed by atoms with van der Waals surface area (Å²) in [4.78, 5) is 37.6. The van der Waals surface area contributed by atoms with Crippen LogP contribution in [0.5, 0.6) is 0 Å². The molecule has 0 bridgehead atoms. The van der Waals surface area contributed by atoms with Crippen LogP contribution in [0.3, 0.4) is 0 Å². The van der Waals surface area contributed by atoms with E-state index in [2.05, 4.69) is 26.0 Å². The van der Waals surface area contributed by atoms with Gasteiger partial charge in [0.2, 0.25) is 0 Å².